The summed E-state index contributed by atoms with van der Waals surface area (Å²) in [6.07, 6.45) is 1.41. The number of halogens is 1. The molecule has 142 valence electrons. The molecule has 27 heavy (non-hydrogen) atoms. The zero-order valence-electron chi connectivity index (χ0n) is 15.3. The van der Waals surface area contributed by atoms with Crippen molar-refractivity contribution in [2.75, 3.05) is 31.3 Å². The number of amides is 2. The van der Waals surface area contributed by atoms with E-state index in [4.69, 9.17) is 22.1 Å². The van der Waals surface area contributed by atoms with Crippen LogP contribution in [-0.2, 0) is 4.79 Å². The summed E-state index contributed by atoms with van der Waals surface area (Å²) in [5.74, 6) is -0.0947. The Kier molecular flexibility index (Phi) is 5.56. The predicted molar refractivity (Wildman–Crippen MR) is 106 cm³/mol. The van der Waals surface area contributed by atoms with Crippen LogP contribution >= 0.6 is 11.6 Å². The molecule has 0 bridgehead atoms. The van der Waals surface area contributed by atoms with E-state index in [-0.39, 0.29) is 22.4 Å². The first-order valence-corrected chi connectivity index (χ1v) is 9.08. The van der Waals surface area contributed by atoms with Crippen molar-refractivity contribution < 1.29 is 14.3 Å². The molecular weight excluding hydrogens is 366 g/mol. The molecule has 1 atom stereocenters. The number of piperidine rings is 1. The van der Waals surface area contributed by atoms with Crippen molar-refractivity contribution in [3.8, 4) is 5.75 Å². The topological polar surface area (TPSA) is 75.9 Å². The van der Waals surface area contributed by atoms with Crippen molar-refractivity contribution >= 4 is 34.8 Å². The highest BCUT2D eigenvalue weighted by molar-refractivity contribution is 6.33. The van der Waals surface area contributed by atoms with Gasteiger partial charge in [-0.1, -0.05) is 29.8 Å². The van der Waals surface area contributed by atoms with Crippen LogP contribution in [0.25, 0.3) is 0 Å². The van der Waals surface area contributed by atoms with E-state index < -0.39 is 6.04 Å². The molecule has 0 aliphatic carbocycles. The lowest BCUT2D eigenvalue weighted by molar-refractivity contribution is -0.124. The maximum atomic E-state index is 13.1. The maximum absolute atomic E-state index is 13.1. The number of hydrogen-bond acceptors (Lipinski definition) is 4. The van der Waals surface area contributed by atoms with Gasteiger partial charge in [-0.25, -0.2) is 0 Å². The minimum absolute atomic E-state index is 0.0937. The van der Waals surface area contributed by atoms with Gasteiger partial charge < -0.3 is 20.3 Å². The third-order valence-corrected chi connectivity index (χ3v) is 5.14. The van der Waals surface area contributed by atoms with Crippen LogP contribution in [0.3, 0.4) is 0 Å². The van der Waals surface area contributed by atoms with Gasteiger partial charge in [0.05, 0.1) is 23.4 Å². The molecular formula is C20H22ClN3O3. The number of ether oxygens (including phenoxy) is 1. The first kappa shape index (κ1) is 19.0. The first-order chi connectivity index (χ1) is 12.9. The van der Waals surface area contributed by atoms with E-state index in [9.17, 15) is 9.59 Å². The number of hydrogen-bond donors (Lipinski definition) is 1. The second-order valence-corrected chi connectivity index (χ2v) is 6.88. The summed E-state index contributed by atoms with van der Waals surface area (Å²) < 4.78 is 5.28. The summed E-state index contributed by atoms with van der Waals surface area (Å²) in [5, 5.41) is 0.272. The third kappa shape index (κ3) is 3.71. The maximum Gasteiger partial charge on any atom is 0.258 e. The van der Waals surface area contributed by atoms with Crippen LogP contribution in [0.5, 0.6) is 5.75 Å². The lowest BCUT2D eigenvalue weighted by Gasteiger charge is -2.37. The number of para-hydroxylation sites is 1. The first-order valence-electron chi connectivity index (χ1n) is 8.70. The summed E-state index contributed by atoms with van der Waals surface area (Å²) in [7, 11) is 3.09. The standard InChI is InChI=1S/C20H22ClN3O3/c1-23(19(25)14-11-15(21)16(22)12-18(14)27-2)17-9-6-10-24(20(17)26)13-7-4-3-5-8-13/h3-5,7-8,11-12,17H,6,9-10,22H2,1-2H3. The predicted octanol–water partition coefficient (Wildman–Crippen LogP) is 3.20. The van der Waals surface area contributed by atoms with Crippen molar-refractivity contribution in [1.29, 1.82) is 0 Å². The minimum atomic E-state index is -0.549. The summed E-state index contributed by atoms with van der Waals surface area (Å²) >= 11 is 6.08. The zero-order valence-corrected chi connectivity index (χ0v) is 16.1. The van der Waals surface area contributed by atoms with E-state index in [1.54, 1.807) is 11.9 Å². The van der Waals surface area contributed by atoms with Crippen LogP contribution in [0.1, 0.15) is 23.2 Å². The molecule has 1 saturated heterocycles. The molecule has 1 aliphatic heterocycles. The number of nitrogen functional groups attached to an aromatic ring is 1. The SMILES string of the molecule is COc1cc(N)c(Cl)cc1C(=O)N(C)C1CCCN(c2ccccc2)C1=O. The average molecular weight is 388 g/mol. The van der Waals surface area contributed by atoms with Gasteiger partial charge in [-0.3, -0.25) is 9.59 Å². The Hall–Kier alpha value is -2.73. The molecule has 3 rings (SSSR count). The molecule has 1 fully saturated rings. The molecule has 0 radical (unpaired) electrons. The van der Waals surface area contributed by atoms with Crippen molar-refractivity contribution in [2.24, 2.45) is 0 Å². The van der Waals surface area contributed by atoms with Gasteiger partial charge in [-0.05, 0) is 31.0 Å². The van der Waals surface area contributed by atoms with E-state index in [0.29, 0.717) is 24.4 Å². The number of rotatable bonds is 4. The van der Waals surface area contributed by atoms with E-state index in [1.807, 2.05) is 30.3 Å². The molecule has 2 amide bonds. The van der Waals surface area contributed by atoms with Crippen LogP contribution in [-0.4, -0.2) is 43.5 Å². The average Bonchev–Trinajstić information content (AvgIpc) is 2.69. The summed E-state index contributed by atoms with van der Waals surface area (Å²) in [6, 6.07) is 11.9. The van der Waals surface area contributed by atoms with Gasteiger partial charge in [-0.2, -0.15) is 0 Å². The van der Waals surface area contributed by atoms with Crippen LogP contribution in [0.15, 0.2) is 42.5 Å². The van der Waals surface area contributed by atoms with Gasteiger partial charge in [0.1, 0.15) is 11.8 Å². The summed E-state index contributed by atoms with van der Waals surface area (Å²) in [4.78, 5) is 29.3. The van der Waals surface area contributed by atoms with Crippen molar-refractivity contribution in [1.82, 2.24) is 4.90 Å². The Morgan fingerprint density at radius 1 is 1.30 bits per heavy atom. The molecule has 0 aromatic heterocycles. The molecule has 2 aromatic rings. The molecule has 1 heterocycles. The van der Waals surface area contributed by atoms with Crippen molar-refractivity contribution in [2.45, 2.75) is 18.9 Å². The zero-order chi connectivity index (χ0) is 19.6. The quantitative estimate of drug-likeness (QED) is 0.817. The van der Waals surface area contributed by atoms with Gasteiger partial charge >= 0.3 is 0 Å². The van der Waals surface area contributed by atoms with E-state index in [1.165, 1.54) is 24.1 Å². The van der Waals surface area contributed by atoms with E-state index in [0.717, 1.165) is 12.1 Å². The number of anilines is 2. The van der Waals surface area contributed by atoms with Gasteiger partial charge in [0.2, 0.25) is 5.91 Å². The van der Waals surface area contributed by atoms with Gasteiger partial charge in [0.15, 0.2) is 0 Å². The van der Waals surface area contributed by atoms with E-state index >= 15 is 0 Å². The Bertz CT molecular complexity index is 857. The molecule has 2 N–H and O–H groups in total. The minimum Gasteiger partial charge on any atom is -0.496 e. The van der Waals surface area contributed by atoms with Crippen molar-refractivity contribution in [3.63, 3.8) is 0 Å². The Labute approximate surface area is 163 Å². The fourth-order valence-corrected chi connectivity index (χ4v) is 3.48. The largest absolute Gasteiger partial charge is 0.496 e. The number of carbonyl (C=O) groups excluding carboxylic acids is 2. The van der Waals surface area contributed by atoms with Crippen LogP contribution in [0.2, 0.25) is 5.02 Å². The number of benzene rings is 2. The number of nitrogens with two attached hydrogens (primary N) is 1. The highest BCUT2D eigenvalue weighted by Gasteiger charge is 2.35. The monoisotopic (exact) mass is 387 g/mol. The van der Waals surface area contributed by atoms with Crippen LogP contribution < -0.4 is 15.4 Å². The highest BCUT2D eigenvalue weighted by Crippen LogP contribution is 2.31. The van der Waals surface area contributed by atoms with Crippen LogP contribution in [0, 0.1) is 0 Å². The highest BCUT2D eigenvalue weighted by atomic mass is 35.5. The fraction of sp³-hybridized carbons (Fsp3) is 0.300. The molecule has 1 aliphatic rings. The Balaban J connectivity index is 1.87. The van der Waals surface area contributed by atoms with Gasteiger partial charge in [0.25, 0.3) is 5.91 Å². The van der Waals surface area contributed by atoms with Crippen molar-refractivity contribution in [3.05, 3.63) is 53.1 Å². The van der Waals surface area contributed by atoms with E-state index in [2.05, 4.69) is 0 Å². The Morgan fingerprint density at radius 3 is 2.67 bits per heavy atom. The second kappa shape index (κ2) is 7.88. The summed E-state index contributed by atoms with van der Waals surface area (Å²) in [5.41, 5.74) is 7.24. The number of carbonyl (C=O) groups is 2. The van der Waals surface area contributed by atoms with Gasteiger partial charge in [-0.15, -0.1) is 0 Å². The van der Waals surface area contributed by atoms with Gasteiger partial charge in [0, 0.05) is 25.3 Å². The molecule has 1 unspecified atom stereocenters. The fourth-order valence-electron chi connectivity index (χ4n) is 3.32. The number of methoxy groups -OCH3 is 1. The lowest BCUT2D eigenvalue weighted by atomic mass is 10.0. The molecule has 2 aromatic carbocycles. The van der Waals surface area contributed by atoms with Crippen LogP contribution in [0.4, 0.5) is 11.4 Å². The number of likely N-dealkylation sites (N-methyl/N-ethyl adjacent to an activating group) is 1. The molecule has 6 nitrogen and oxygen atoms in total. The normalized spacial score (nSPS) is 16.9. The number of nitrogens with zero attached hydrogens (tertiary/aromatic N) is 2. The smallest absolute Gasteiger partial charge is 0.258 e. The molecule has 0 spiro atoms. The summed E-state index contributed by atoms with van der Waals surface area (Å²) in [6.45, 7) is 0.637. The lowest BCUT2D eigenvalue weighted by Crippen LogP contribution is -2.53. The third-order valence-electron chi connectivity index (χ3n) is 4.82. The Morgan fingerprint density at radius 2 is 2.00 bits per heavy atom. The molecule has 0 saturated carbocycles. The molecule has 7 heteroatoms. The second-order valence-electron chi connectivity index (χ2n) is 6.47.